The van der Waals surface area contributed by atoms with Crippen molar-refractivity contribution < 1.29 is 53.1 Å². The smallest absolute Gasteiger partial charge is 0.306 e. The fourth-order valence-electron chi connectivity index (χ4n) is 3.14. The Labute approximate surface area is 264 Å². The molecule has 0 aromatic heterocycles. The molecule has 0 heterocycles. The zero-order valence-corrected chi connectivity index (χ0v) is 27.7. The summed E-state index contributed by atoms with van der Waals surface area (Å²) in [4.78, 5) is 48.7. The number of esters is 4. The van der Waals surface area contributed by atoms with Crippen LogP contribution in [0.5, 0.6) is 0 Å². The fraction of sp³-hybridized carbons (Fsp3) is 0.846. The molecular formula is C26H46O11S4. The molecule has 0 saturated heterocycles. The predicted octanol–water partition coefficient (Wildman–Crippen LogP) is 1.97. The van der Waals surface area contributed by atoms with Gasteiger partial charge >= 0.3 is 23.9 Å². The molecule has 0 bridgehead atoms. The molecule has 41 heavy (non-hydrogen) atoms. The lowest BCUT2D eigenvalue weighted by Crippen LogP contribution is -2.46. The summed E-state index contributed by atoms with van der Waals surface area (Å²) in [6.07, 6.45) is 0.0658. The van der Waals surface area contributed by atoms with Crippen molar-refractivity contribution in [3.63, 3.8) is 0 Å². The van der Waals surface area contributed by atoms with Crippen LogP contribution in [0.2, 0.25) is 0 Å². The van der Waals surface area contributed by atoms with Gasteiger partial charge in [-0.15, -0.1) is 0 Å². The van der Waals surface area contributed by atoms with E-state index in [1.165, 1.54) is 0 Å². The van der Waals surface area contributed by atoms with E-state index in [1.54, 1.807) is 27.7 Å². The SMILES string of the molecule is CC(S)CC(=O)OCC(CO)(COCC(CO)(COC(=O)CC(C)S)COC(=O)CC(C)S)COC(=O)CC(C)S. The minimum Gasteiger partial charge on any atom is -0.465 e. The van der Waals surface area contributed by atoms with Crippen molar-refractivity contribution in [3.8, 4) is 0 Å². The molecule has 0 aliphatic carbocycles. The molecule has 2 N–H and O–H groups in total. The molecule has 0 spiro atoms. The van der Waals surface area contributed by atoms with Gasteiger partial charge in [0, 0.05) is 21.0 Å². The first kappa shape index (κ1) is 40.2. The summed E-state index contributed by atoms with van der Waals surface area (Å²) in [5.74, 6) is -2.27. The van der Waals surface area contributed by atoms with Crippen molar-refractivity contribution in [2.45, 2.75) is 74.4 Å². The Morgan fingerprint density at radius 3 is 0.902 bits per heavy atom. The first-order valence-corrected chi connectivity index (χ1v) is 15.3. The minimum atomic E-state index is -1.36. The van der Waals surface area contributed by atoms with Crippen LogP contribution in [0, 0.1) is 10.8 Å². The molecule has 4 atom stereocenters. The van der Waals surface area contributed by atoms with E-state index in [2.05, 4.69) is 50.5 Å². The van der Waals surface area contributed by atoms with Gasteiger partial charge < -0.3 is 33.9 Å². The molecule has 0 aromatic carbocycles. The quantitative estimate of drug-likeness (QED) is 0.0573. The molecule has 0 saturated carbocycles. The van der Waals surface area contributed by atoms with Crippen LogP contribution < -0.4 is 0 Å². The lowest BCUT2D eigenvalue weighted by atomic mass is 9.90. The number of rotatable bonds is 22. The van der Waals surface area contributed by atoms with Gasteiger partial charge in [0.1, 0.15) is 26.4 Å². The Morgan fingerprint density at radius 2 is 0.732 bits per heavy atom. The first-order valence-electron chi connectivity index (χ1n) is 13.2. The molecule has 4 unspecified atom stereocenters. The number of thiol groups is 4. The summed E-state index contributed by atoms with van der Waals surface area (Å²) in [6, 6.07) is 0. The van der Waals surface area contributed by atoms with Gasteiger partial charge in [-0.2, -0.15) is 50.5 Å². The summed E-state index contributed by atoms with van der Waals surface area (Å²) in [7, 11) is 0. The minimum absolute atomic E-state index is 0.0165. The molecule has 15 heteroatoms. The van der Waals surface area contributed by atoms with Crippen LogP contribution in [0.4, 0.5) is 0 Å². The molecular weight excluding hydrogens is 617 g/mol. The van der Waals surface area contributed by atoms with E-state index >= 15 is 0 Å². The molecule has 240 valence electrons. The maximum absolute atomic E-state index is 12.2. The third-order valence-corrected chi connectivity index (χ3v) is 6.22. The van der Waals surface area contributed by atoms with Crippen LogP contribution in [0.25, 0.3) is 0 Å². The van der Waals surface area contributed by atoms with Crippen LogP contribution in [-0.4, -0.2) is 108 Å². The van der Waals surface area contributed by atoms with E-state index < -0.39 is 47.9 Å². The van der Waals surface area contributed by atoms with E-state index in [4.69, 9.17) is 23.7 Å². The molecule has 0 fully saturated rings. The number of aliphatic hydroxyl groups is 2. The Hall–Kier alpha value is -0.840. The highest BCUT2D eigenvalue weighted by Crippen LogP contribution is 2.25. The third-order valence-electron chi connectivity index (χ3n) is 5.49. The van der Waals surface area contributed by atoms with Gasteiger partial charge in [-0.3, -0.25) is 19.2 Å². The van der Waals surface area contributed by atoms with Crippen molar-refractivity contribution >= 4 is 74.4 Å². The number of hydrogen-bond donors (Lipinski definition) is 6. The van der Waals surface area contributed by atoms with E-state index in [-0.39, 0.29) is 86.3 Å². The summed E-state index contributed by atoms with van der Waals surface area (Å²) in [6.45, 7) is 3.74. The highest BCUT2D eigenvalue weighted by molar-refractivity contribution is 7.81. The number of carbonyl (C=O) groups excluding carboxylic acids is 4. The fourth-order valence-corrected chi connectivity index (χ4v) is 3.74. The zero-order chi connectivity index (χ0) is 31.6. The second-order valence-corrected chi connectivity index (χ2v) is 14.2. The van der Waals surface area contributed by atoms with Crippen LogP contribution >= 0.6 is 50.5 Å². The van der Waals surface area contributed by atoms with Gasteiger partial charge in [0.05, 0.1) is 62.9 Å². The van der Waals surface area contributed by atoms with Crippen molar-refractivity contribution in [1.82, 2.24) is 0 Å². The van der Waals surface area contributed by atoms with E-state index in [9.17, 15) is 29.4 Å². The van der Waals surface area contributed by atoms with Crippen LogP contribution in [-0.2, 0) is 42.9 Å². The molecule has 0 rings (SSSR count). The van der Waals surface area contributed by atoms with Crippen molar-refractivity contribution in [1.29, 1.82) is 0 Å². The first-order chi connectivity index (χ1) is 19.1. The van der Waals surface area contributed by atoms with E-state index in [1.807, 2.05) is 0 Å². The molecule has 0 aliphatic heterocycles. The Balaban J connectivity index is 5.74. The number of ether oxygens (including phenoxy) is 5. The number of hydrogen-bond acceptors (Lipinski definition) is 15. The molecule has 0 amide bonds. The number of carbonyl (C=O) groups is 4. The lowest BCUT2D eigenvalue weighted by molar-refractivity contribution is -0.168. The van der Waals surface area contributed by atoms with Crippen LogP contribution in [0.3, 0.4) is 0 Å². The van der Waals surface area contributed by atoms with Gasteiger partial charge in [-0.05, 0) is 0 Å². The van der Waals surface area contributed by atoms with Crippen LogP contribution in [0.1, 0.15) is 53.4 Å². The highest BCUT2D eigenvalue weighted by atomic mass is 32.1. The normalized spacial score (nSPS) is 17.2. The number of aliphatic hydroxyl groups excluding tert-OH is 2. The summed E-state index contributed by atoms with van der Waals surface area (Å²) >= 11 is 16.7. The Morgan fingerprint density at radius 1 is 0.512 bits per heavy atom. The molecule has 0 radical (unpaired) electrons. The zero-order valence-electron chi connectivity index (χ0n) is 24.2. The average molecular weight is 663 g/mol. The van der Waals surface area contributed by atoms with Gasteiger partial charge in [0.2, 0.25) is 0 Å². The van der Waals surface area contributed by atoms with Crippen molar-refractivity contribution in [2.24, 2.45) is 10.8 Å². The second kappa shape index (κ2) is 21.0. The Kier molecular flexibility index (Phi) is 20.5. The second-order valence-electron chi connectivity index (χ2n) is 10.7. The molecule has 0 aliphatic rings. The highest BCUT2D eigenvalue weighted by Gasteiger charge is 2.38. The summed E-state index contributed by atoms with van der Waals surface area (Å²) in [5, 5.41) is 19.5. The van der Waals surface area contributed by atoms with Gasteiger partial charge in [0.15, 0.2) is 0 Å². The van der Waals surface area contributed by atoms with Crippen LogP contribution in [0.15, 0.2) is 0 Å². The monoisotopic (exact) mass is 662 g/mol. The van der Waals surface area contributed by atoms with Gasteiger partial charge in [-0.1, -0.05) is 27.7 Å². The lowest BCUT2D eigenvalue weighted by Gasteiger charge is -2.34. The third kappa shape index (κ3) is 19.1. The van der Waals surface area contributed by atoms with Gasteiger partial charge in [0.25, 0.3) is 0 Å². The maximum atomic E-state index is 12.2. The van der Waals surface area contributed by atoms with E-state index in [0.717, 1.165) is 0 Å². The van der Waals surface area contributed by atoms with Gasteiger partial charge in [-0.25, -0.2) is 0 Å². The average Bonchev–Trinajstić information content (AvgIpc) is 2.85. The summed E-state index contributed by atoms with van der Waals surface area (Å²) in [5.41, 5.74) is -2.72. The predicted molar refractivity (Wildman–Crippen MR) is 166 cm³/mol. The Bertz CT molecular complexity index is 690. The standard InChI is InChI=1S/C26H46O11S4/c1-17(38)5-21(29)34-13-25(9-27,14-35-22(30)6-18(2)39)11-33-12-26(10-28,15-36-23(31)7-19(3)40)16-37-24(32)8-20(4)41/h17-20,27-28,38-41H,5-16H2,1-4H3. The van der Waals surface area contributed by atoms with Crippen molar-refractivity contribution in [3.05, 3.63) is 0 Å². The largest absolute Gasteiger partial charge is 0.465 e. The maximum Gasteiger partial charge on any atom is 0.306 e. The van der Waals surface area contributed by atoms with E-state index in [0.29, 0.717) is 0 Å². The summed E-state index contributed by atoms with van der Waals surface area (Å²) < 4.78 is 27.2. The molecule has 11 nitrogen and oxygen atoms in total. The topological polar surface area (TPSA) is 155 Å². The molecule has 0 aromatic rings. The van der Waals surface area contributed by atoms with Crippen molar-refractivity contribution in [2.75, 3.05) is 52.9 Å².